The Bertz CT molecular complexity index is 806. The second-order valence-electron chi connectivity index (χ2n) is 5.08. The molecule has 0 saturated heterocycles. The summed E-state index contributed by atoms with van der Waals surface area (Å²) in [6, 6.07) is 4.37. The van der Waals surface area contributed by atoms with Crippen molar-refractivity contribution in [1.82, 2.24) is 4.98 Å². The monoisotopic (exact) mass is 288 g/mol. The molecule has 20 heavy (non-hydrogen) atoms. The normalized spacial score (nSPS) is 14.7. The second kappa shape index (κ2) is 4.31. The first kappa shape index (κ1) is 11.9. The number of rotatable bonds is 1. The van der Waals surface area contributed by atoms with E-state index in [4.69, 9.17) is 10.2 Å². The molecular formula is C15H13FN2OS. The fraction of sp³-hybridized carbons (Fsp3) is 0.267. The van der Waals surface area contributed by atoms with Crippen LogP contribution in [0.15, 0.2) is 22.6 Å². The summed E-state index contributed by atoms with van der Waals surface area (Å²) in [6.07, 6.45) is 4.49. The third-order valence-corrected chi connectivity index (χ3v) is 4.88. The number of nitrogen functional groups attached to an aromatic ring is 1. The fourth-order valence-corrected chi connectivity index (χ4v) is 3.98. The zero-order chi connectivity index (χ0) is 13.7. The zero-order valence-corrected chi connectivity index (χ0v) is 11.6. The van der Waals surface area contributed by atoms with Crippen LogP contribution < -0.4 is 5.73 Å². The maximum Gasteiger partial charge on any atom is 0.230 e. The summed E-state index contributed by atoms with van der Waals surface area (Å²) in [5.74, 6) is 0.208. The highest BCUT2D eigenvalue weighted by atomic mass is 32.1. The molecule has 2 heterocycles. The van der Waals surface area contributed by atoms with Gasteiger partial charge in [0.05, 0.1) is 10.6 Å². The molecule has 2 aromatic heterocycles. The Morgan fingerprint density at radius 1 is 1.25 bits per heavy atom. The molecule has 0 saturated carbocycles. The van der Waals surface area contributed by atoms with Crippen molar-refractivity contribution in [2.45, 2.75) is 25.7 Å². The van der Waals surface area contributed by atoms with Gasteiger partial charge in [-0.2, -0.15) is 0 Å². The van der Waals surface area contributed by atoms with Crippen molar-refractivity contribution in [3.05, 3.63) is 34.5 Å². The van der Waals surface area contributed by atoms with E-state index in [2.05, 4.69) is 4.98 Å². The van der Waals surface area contributed by atoms with Crippen LogP contribution in [0.2, 0.25) is 0 Å². The van der Waals surface area contributed by atoms with Crippen molar-refractivity contribution in [1.29, 1.82) is 0 Å². The molecule has 0 unspecified atom stereocenters. The molecule has 1 aliphatic carbocycles. The van der Waals surface area contributed by atoms with Gasteiger partial charge in [-0.3, -0.25) is 0 Å². The van der Waals surface area contributed by atoms with Gasteiger partial charge >= 0.3 is 0 Å². The van der Waals surface area contributed by atoms with Gasteiger partial charge in [0.2, 0.25) is 5.89 Å². The molecule has 1 aromatic carbocycles. The number of oxazole rings is 1. The molecule has 0 fully saturated rings. The molecule has 0 spiro atoms. The van der Waals surface area contributed by atoms with Gasteiger partial charge in [0.15, 0.2) is 5.58 Å². The average Bonchev–Trinajstić information content (AvgIpc) is 2.97. The van der Waals surface area contributed by atoms with Crippen molar-refractivity contribution in [3.63, 3.8) is 0 Å². The number of nitrogens with two attached hydrogens (primary N) is 1. The van der Waals surface area contributed by atoms with Gasteiger partial charge in [-0.25, -0.2) is 9.37 Å². The number of thiophene rings is 1. The van der Waals surface area contributed by atoms with E-state index < -0.39 is 0 Å². The third-order valence-electron chi connectivity index (χ3n) is 3.76. The molecule has 2 N–H and O–H groups in total. The minimum absolute atomic E-state index is 0.308. The lowest BCUT2D eigenvalue weighted by molar-refractivity contribution is 0.612. The lowest BCUT2D eigenvalue weighted by Crippen LogP contribution is -1.99. The van der Waals surface area contributed by atoms with E-state index in [-0.39, 0.29) is 5.82 Å². The van der Waals surface area contributed by atoms with Gasteiger partial charge in [-0.1, -0.05) is 0 Å². The van der Waals surface area contributed by atoms with Crippen LogP contribution in [0.3, 0.4) is 0 Å². The minimum atomic E-state index is -0.308. The Morgan fingerprint density at radius 2 is 2.10 bits per heavy atom. The first-order valence-corrected chi connectivity index (χ1v) is 7.50. The van der Waals surface area contributed by atoms with Crippen LogP contribution in [0.5, 0.6) is 0 Å². The molecule has 5 heteroatoms. The Kier molecular flexibility index (Phi) is 2.57. The van der Waals surface area contributed by atoms with E-state index in [0.717, 1.165) is 23.4 Å². The molecule has 102 valence electrons. The van der Waals surface area contributed by atoms with Gasteiger partial charge in [0.1, 0.15) is 11.3 Å². The van der Waals surface area contributed by atoms with Crippen LogP contribution in [0.4, 0.5) is 9.39 Å². The van der Waals surface area contributed by atoms with Crippen molar-refractivity contribution < 1.29 is 8.81 Å². The van der Waals surface area contributed by atoms with Crippen molar-refractivity contribution in [2.75, 3.05) is 5.73 Å². The lowest BCUT2D eigenvalue weighted by atomic mass is 9.95. The highest BCUT2D eigenvalue weighted by Gasteiger charge is 2.23. The topological polar surface area (TPSA) is 52.0 Å². The predicted molar refractivity (Wildman–Crippen MR) is 78.3 cm³/mol. The molecule has 0 aliphatic heterocycles. The first-order valence-electron chi connectivity index (χ1n) is 6.69. The number of nitrogens with zero attached hydrogens (tertiary/aromatic N) is 1. The number of fused-ring (bicyclic) bond motifs is 2. The van der Waals surface area contributed by atoms with Crippen LogP contribution in [-0.4, -0.2) is 4.98 Å². The second-order valence-corrected chi connectivity index (χ2v) is 6.22. The van der Waals surface area contributed by atoms with Gasteiger partial charge in [0, 0.05) is 10.9 Å². The summed E-state index contributed by atoms with van der Waals surface area (Å²) < 4.78 is 19.0. The summed E-state index contributed by atoms with van der Waals surface area (Å²) in [7, 11) is 0. The summed E-state index contributed by atoms with van der Waals surface area (Å²) in [5, 5.41) is 0.754. The smallest absolute Gasteiger partial charge is 0.230 e. The summed E-state index contributed by atoms with van der Waals surface area (Å²) >= 11 is 1.63. The molecule has 1 aliphatic rings. The molecule has 3 nitrogen and oxygen atoms in total. The largest absolute Gasteiger partial charge is 0.436 e. The number of hydrogen-bond donors (Lipinski definition) is 1. The summed E-state index contributed by atoms with van der Waals surface area (Å²) in [5.41, 5.74) is 9.47. The Morgan fingerprint density at radius 3 is 3.00 bits per heavy atom. The van der Waals surface area contributed by atoms with Crippen molar-refractivity contribution >= 4 is 27.4 Å². The molecule has 0 radical (unpaired) electrons. The van der Waals surface area contributed by atoms with E-state index >= 15 is 0 Å². The van der Waals surface area contributed by atoms with Gasteiger partial charge in [0.25, 0.3) is 0 Å². The lowest BCUT2D eigenvalue weighted by Gasteiger charge is -2.10. The third kappa shape index (κ3) is 1.73. The van der Waals surface area contributed by atoms with E-state index in [1.54, 1.807) is 17.4 Å². The first-order chi connectivity index (χ1) is 9.72. The standard InChI is InChI=1S/C15H13FN2OS/c16-8-5-6-11-10(7-8)18-15(19-11)13-9-3-1-2-4-12(9)20-14(13)17/h5-7H,1-4,17H2. The maximum atomic E-state index is 13.2. The van der Waals surface area contributed by atoms with Gasteiger partial charge in [-0.15, -0.1) is 11.3 Å². The number of aromatic nitrogens is 1. The average molecular weight is 288 g/mol. The molecule has 4 rings (SSSR count). The molecular weight excluding hydrogens is 275 g/mol. The van der Waals surface area contributed by atoms with E-state index in [0.29, 0.717) is 17.0 Å². The number of hydrogen-bond acceptors (Lipinski definition) is 4. The summed E-state index contributed by atoms with van der Waals surface area (Å²) in [6.45, 7) is 0. The van der Waals surface area contributed by atoms with Crippen LogP contribution >= 0.6 is 11.3 Å². The maximum absolute atomic E-state index is 13.2. The van der Waals surface area contributed by atoms with Crippen LogP contribution in [0, 0.1) is 5.82 Å². The number of aryl methyl sites for hydroxylation is 1. The van der Waals surface area contributed by atoms with Crippen LogP contribution in [0.1, 0.15) is 23.3 Å². The number of halogens is 1. The highest BCUT2D eigenvalue weighted by molar-refractivity contribution is 7.16. The Labute approximate surface area is 119 Å². The Hall–Kier alpha value is -1.88. The number of benzene rings is 1. The quantitative estimate of drug-likeness (QED) is 0.731. The molecule has 0 atom stereocenters. The summed E-state index contributed by atoms with van der Waals surface area (Å²) in [4.78, 5) is 5.75. The van der Waals surface area contributed by atoms with Crippen LogP contribution in [0.25, 0.3) is 22.6 Å². The minimum Gasteiger partial charge on any atom is -0.436 e. The molecule has 3 aromatic rings. The molecule has 0 amide bonds. The number of anilines is 1. The van der Waals surface area contributed by atoms with Crippen LogP contribution in [-0.2, 0) is 12.8 Å². The predicted octanol–water partition coefficient (Wildman–Crippen LogP) is 4.16. The van der Waals surface area contributed by atoms with E-state index in [9.17, 15) is 4.39 Å². The van der Waals surface area contributed by atoms with Gasteiger partial charge in [-0.05, 0) is 43.4 Å². The van der Waals surface area contributed by atoms with E-state index in [1.165, 1.54) is 35.4 Å². The highest BCUT2D eigenvalue weighted by Crippen LogP contribution is 2.42. The SMILES string of the molecule is Nc1sc2c(c1-c1nc3cc(F)ccc3o1)CCCC2. The molecule has 0 bridgehead atoms. The van der Waals surface area contributed by atoms with Gasteiger partial charge < -0.3 is 10.2 Å². The zero-order valence-electron chi connectivity index (χ0n) is 10.8. The fourth-order valence-electron chi connectivity index (χ4n) is 2.83. The van der Waals surface area contributed by atoms with Crippen molar-refractivity contribution in [3.8, 4) is 11.5 Å². The Balaban J connectivity index is 1.92. The van der Waals surface area contributed by atoms with Crippen molar-refractivity contribution in [2.24, 2.45) is 0 Å². The van der Waals surface area contributed by atoms with E-state index in [1.807, 2.05) is 0 Å².